The molecular weight excluding hydrogens is 300 g/mol. The van der Waals surface area contributed by atoms with E-state index < -0.39 is 0 Å². The molecule has 0 saturated heterocycles. The fraction of sp³-hybridized carbons (Fsp3) is 0.250. The SMILES string of the molecule is CCOc1ccc(NC(=O)Cn2ccc3cc(CC)ccc32)cc1. The number of nitrogens with one attached hydrogen (secondary N) is 1. The average molecular weight is 322 g/mol. The lowest BCUT2D eigenvalue weighted by Gasteiger charge is -2.09. The maximum Gasteiger partial charge on any atom is 0.244 e. The van der Waals surface area contributed by atoms with Gasteiger partial charge in [0.2, 0.25) is 5.91 Å². The molecule has 4 heteroatoms. The highest BCUT2D eigenvalue weighted by molar-refractivity contribution is 5.92. The summed E-state index contributed by atoms with van der Waals surface area (Å²) in [4.78, 5) is 12.3. The number of fused-ring (bicyclic) bond motifs is 1. The summed E-state index contributed by atoms with van der Waals surface area (Å²) in [7, 11) is 0. The monoisotopic (exact) mass is 322 g/mol. The standard InChI is InChI=1S/C20H22N2O2/c1-3-15-5-10-19-16(13-15)11-12-22(19)14-20(23)21-17-6-8-18(9-7-17)24-4-2/h5-13H,3-4,14H2,1-2H3,(H,21,23). The summed E-state index contributed by atoms with van der Waals surface area (Å²) < 4.78 is 7.37. The molecule has 124 valence electrons. The summed E-state index contributed by atoms with van der Waals surface area (Å²) in [5.41, 5.74) is 3.15. The Bertz CT molecular complexity index is 834. The lowest BCUT2D eigenvalue weighted by molar-refractivity contribution is -0.116. The normalized spacial score (nSPS) is 10.8. The zero-order valence-corrected chi connectivity index (χ0v) is 14.1. The van der Waals surface area contributed by atoms with E-state index in [4.69, 9.17) is 4.74 Å². The number of benzene rings is 2. The number of amides is 1. The molecule has 0 unspecified atom stereocenters. The summed E-state index contributed by atoms with van der Waals surface area (Å²) in [5.74, 6) is 0.759. The van der Waals surface area contributed by atoms with Crippen LogP contribution in [-0.2, 0) is 17.8 Å². The van der Waals surface area contributed by atoms with Crippen LogP contribution in [0.15, 0.2) is 54.7 Å². The first-order valence-corrected chi connectivity index (χ1v) is 8.30. The molecule has 0 aliphatic heterocycles. The minimum Gasteiger partial charge on any atom is -0.494 e. The molecule has 0 bridgehead atoms. The van der Waals surface area contributed by atoms with Crippen LogP contribution in [0.5, 0.6) is 5.75 Å². The van der Waals surface area contributed by atoms with Gasteiger partial charge in [0, 0.05) is 17.4 Å². The van der Waals surface area contributed by atoms with Gasteiger partial charge in [0.15, 0.2) is 0 Å². The summed E-state index contributed by atoms with van der Waals surface area (Å²) in [6.07, 6.45) is 2.97. The summed E-state index contributed by atoms with van der Waals surface area (Å²) in [5, 5.41) is 4.09. The van der Waals surface area contributed by atoms with Crippen LogP contribution in [0, 0.1) is 0 Å². The maximum atomic E-state index is 12.3. The summed E-state index contributed by atoms with van der Waals surface area (Å²) in [6, 6.07) is 15.8. The smallest absolute Gasteiger partial charge is 0.244 e. The molecule has 0 atom stereocenters. The van der Waals surface area contributed by atoms with Gasteiger partial charge in [0.25, 0.3) is 0 Å². The average Bonchev–Trinajstić information content (AvgIpc) is 2.99. The molecule has 4 nitrogen and oxygen atoms in total. The number of hydrogen-bond donors (Lipinski definition) is 1. The van der Waals surface area contributed by atoms with E-state index in [1.165, 1.54) is 10.9 Å². The highest BCUT2D eigenvalue weighted by Crippen LogP contribution is 2.19. The Hall–Kier alpha value is -2.75. The molecule has 0 saturated carbocycles. The highest BCUT2D eigenvalue weighted by Gasteiger charge is 2.07. The van der Waals surface area contributed by atoms with Gasteiger partial charge in [-0.25, -0.2) is 0 Å². The van der Waals surface area contributed by atoms with Crippen LogP contribution in [0.1, 0.15) is 19.4 Å². The predicted molar refractivity (Wildman–Crippen MR) is 97.6 cm³/mol. The quantitative estimate of drug-likeness (QED) is 0.737. The molecule has 24 heavy (non-hydrogen) atoms. The van der Waals surface area contributed by atoms with Crippen LogP contribution >= 0.6 is 0 Å². The zero-order chi connectivity index (χ0) is 16.9. The van der Waals surface area contributed by atoms with Crippen molar-refractivity contribution in [2.45, 2.75) is 26.8 Å². The largest absolute Gasteiger partial charge is 0.494 e. The van der Waals surface area contributed by atoms with E-state index in [-0.39, 0.29) is 5.91 Å². The predicted octanol–water partition coefficient (Wildman–Crippen LogP) is 4.24. The minimum absolute atomic E-state index is 0.0452. The second-order valence-electron chi connectivity index (χ2n) is 5.70. The first-order valence-electron chi connectivity index (χ1n) is 8.30. The zero-order valence-electron chi connectivity index (χ0n) is 14.1. The van der Waals surface area contributed by atoms with Crippen molar-refractivity contribution in [2.24, 2.45) is 0 Å². The summed E-state index contributed by atoms with van der Waals surface area (Å²) in [6.45, 7) is 5.01. The second kappa shape index (κ2) is 7.21. The molecule has 1 aromatic heterocycles. The van der Waals surface area contributed by atoms with Crippen LogP contribution in [0.2, 0.25) is 0 Å². The second-order valence-corrected chi connectivity index (χ2v) is 5.70. The number of aryl methyl sites for hydroxylation is 1. The number of rotatable bonds is 6. The maximum absolute atomic E-state index is 12.3. The van der Waals surface area contributed by atoms with Crippen molar-refractivity contribution >= 4 is 22.5 Å². The van der Waals surface area contributed by atoms with Crippen molar-refractivity contribution in [2.75, 3.05) is 11.9 Å². The Morgan fingerprint density at radius 3 is 2.58 bits per heavy atom. The first kappa shape index (κ1) is 16.1. The number of aromatic nitrogens is 1. The van der Waals surface area contributed by atoms with Crippen molar-refractivity contribution in [3.8, 4) is 5.75 Å². The van der Waals surface area contributed by atoms with Gasteiger partial charge in [-0.3, -0.25) is 4.79 Å². The molecule has 0 aliphatic carbocycles. The van der Waals surface area contributed by atoms with Crippen molar-refractivity contribution in [3.63, 3.8) is 0 Å². The third-order valence-electron chi connectivity index (χ3n) is 4.01. The molecule has 0 radical (unpaired) electrons. The number of carbonyl (C=O) groups is 1. The molecule has 1 amide bonds. The van der Waals surface area contributed by atoms with Crippen LogP contribution in [-0.4, -0.2) is 17.1 Å². The van der Waals surface area contributed by atoms with E-state index in [0.29, 0.717) is 13.2 Å². The van der Waals surface area contributed by atoms with Gasteiger partial charge >= 0.3 is 0 Å². The first-order chi connectivity index (χ1) is 11.7. The van der Waals surface area contributed by atoms with Crippen molar-refractivity contribution in [1.29, 1.82) is 0 Å². The van der Waals surface area contributed by atoms with E-state index in [2.05, 4.69) is 36.5 Å². The Morgan fingerprint density at radius 2 is 1.88 bits per heavy atom. The lowest BCUT2D eigenvalue weighted by atomic mass is 10.1. The fourth-order valence-electron chi connectivity index (χ4n) is 2.76. The van der Waals surface area contributed by atoms with Crippen LogP contribution in [0.3, 0.4) is 0 Å². The Kier molecular flexibility index (Phi) is 4.85. The molecule has 0 spiro atoms. The number of hydrogen-bond acceptors (Lipinski definition) is 2. The van der Waals surface area contributed by atoms with Crippen molar-refractivity contribution in [3.05, 3.63) is 60.3 Å². The minimum atomic E-state index is -0.0452. The molecule has 1 N–H and O–H groups in total. The third kappa shape index (κ3) is 3.59. The number of ether oxygens (including phenoxy) is 1. The van der Waals surface area contributed by atoms with E-state index >= 15 is 0 Å². The van der Waals surface area contributed by atoms with Crippen molar-refractivity contribution < 1.29 is 9.53 Å². The number of carbonyl (C=O) groups excluding carboxylic acids is 1. The van der Waals surface area contributed by atoms with Crippen LogP contribution < -0.4 is 10.1 Å². The van der Waals surface area contributed by atoms with Gasteiger partial charge in [-0.05, 0) is 66.8 Å². The van der Waals surface area contributed by atoms with Crippen LogP contribution in [0.25, 0.3) is 10.9 Å². The van der Waals surface area contributed by atoms with E-state index in [1.807, 2.05) is 42.0 Å². The topological polar surface area (TPSA) is 43.3 Å². The fourth-order valence-corrected chi connectivity index (χ4v) is 2.76. The van der Waals surface area contributed by atoms with Gasteiger partial charge in [0.1, 0.15) is 12.3 Å². The third-order valence-corrected chi connectivity index (χ3v) is 4.01. The molecule has 3 aromatic rings. The molecule has 0 aliphatic rings. The van der Waals surface area contributed by atoms with E-state index in [9.17, 15) is 4.79 Å². The Morgan fingerprint density at radius 1 is 1.08 bits per heavy atom. The van der Waals surface area contributed by atoms with Gasteiger partial charge in [-0.1, -0.05) is 13.0 Å². The Labute approximate surface area is 142 Å². The van der Waals surface area contributed by atoms with Gasteiger partial charge in [-0.15, -0.1) is 0 Å². The summed E-state index contributed by atoms with van der Waals surface area (Å²) >= 11 is 0. The molecule has 1 heterocycles. The van der Waals surface area contributed by atoms with Crippen molar-refractivity contribution in [1.82, 2.24) is 4.57 Å². The van der Waals surface area contributed by atoms with Gasteiger partial charge in [0.05, 0.1) is 6.61 Å². The molecule has 3 rings (SSSR count). The van der Waals surface area contributed by atoms with E-state index in [0.717, 1.165) is 23.4 Å². The molecular formula is C20H22N2O2. The van der Waals surface area contributed by atoms with Gasteiger partial charge < -0.3 is 14.6 Å². The molecule has 0 fully saturated rings. The lowest BCUT2D eigenvalue weighted by Crippen LogP contribution is -2.18. The van der Waals surface area contributed by atoms with E-state index in [1.54, 1.807) is 0 Å². The highest BCUT2D eigenvalue weighted by atomic mass is 16.5. The number of anilines is 1. The van der Waals surface area contributed by atoms with Gasteiger partial charge in [-0.2, -0.15) is 0 Å². The van der Waals surface area contributed by atoms with Crippen LogP contribution in [0.4, 0.5) is 5.69 Å². The number of nitrogens with zero attached hydrogens (tertiary/aromatic N) is 1. The Balaban J connectivity index is 1.68. The molecule has 2 aromatic carbocycles.